The van der Waals surface area contributed by atoms with Crippen molar-refractivity contribution in [1.82, 2.24) is 15.4 Å². The molecule has 1 saturated heterocycles. The van der Waals surface area contributed by atoms with E-state index in [1.54, 1.807) is 11.8 Å². The van der Waals surface area contributed by atoms with Crippen molar-refractivity contribution in [2.75, 3.05) is 13.1 Å². The molecule has 1 aromatic heterocycles. The highest BCUT2D eigenvalue weighted by atomic mass is 32.2. The van der Waals surface area contributed by atoms with Crippen molar-refractivity contribution in [3.63, 3.8) is 0 Å². The molecular weight excluding hydrogens is 422 g/mol. The molecule has 6 nitrogen and oxygen atoms in total. The number of aromatic nitrogens is 1. The molecule has 0 unspecified atom stereocenters. The van der Waals surface area contributed by atoms with Gasteiger partial charge in [0.15, 0.2) is 0 Å². The van der Waals surface area contributed by atoms with Crippen LogP contribution in [0.3, 0.4) is 0 Å². The Labute approximate surface area is 192 Å². The summed E-state index contributed by atoms with van der Waals surface area (Å²) in [5, 5.41) is 7.00. The fourth-order valence-electron chi connectivity index (χ4n) is 3.74. The Balaban J connectivity index is 1.34. The summed E-state index contributed by atoms with van der Waals surface area (Å²) in [5.74, 6) is 1.37. The Morgan fingerprint density at radius 2 is 1.81 bits per heavy atom. The first-order valence-electron chi connectivity index (χ1n) is 10.9. The molecule has 0 saturated carbocycles. The first kappa shape index (κ1) is 22.1. The Bertz CT molecular complexity index is 1070. The summed E-state index contributed by atoms with van der Waals surface area (Å²) in [4.78, 5) is 28.2. The van der Waals surface area contributed by atoms with Gasteiger partial charge in [-0.05, 0) is 56.0 Å². The van der Waals surface area contributed by atoms with E-state index in [4.69, 9.17) is 4.52 Å². The zero-order chi connectivity index (χ0) is 22.3. The van der Waals surface area contributed by atoms with E-state index in [1.807, 2.05) is 66.4 Å². The summed E-state index contributed by atoms with van der Waals surface area (Å²) >= 11 is 1.56. The standard InChI is InChI=1S/C25H27N3O3S/c1-18-15-21(27-31-18)17-32-23-8-4-3-7-22(23)24(29)26-16-19-9-11-20(12-10-19)25(30)28-13-5-2-6-14-28/h3-4,7-12,15H,2,5-6,13-14,16-17H2,1H3,(H,26,29). The lowest BCUT2D eigenvalue weighted by molar-refractivity contribution is 0.0724. The molecule has 0 aliphatic carbocycles. The van der Waals surface area contributed by atoms with Crippen molar-refractivity contribution in [2.24, 2.45) is 0 Å². The number of hydrogen-bond acceptors (Lipinski definition) is 5. The molecule has 1 aliphatic rings. The minimum Gasteiger partial charge on any atom is -0.361 e. The summed E-state index contributed by atoms with van der Waals surface area (Å²) < 4.78 is 5.11. The summed E-state index contributed by atoms with van der Waals surface area (Å²) in [5.41, 5.74) is 3.14. The molecule has 0 radical (unpaired) electrons. The monoisotopic (exact) mass is 449 g/mol. The molecule has 7 heteroatoms. The average molecular weight is 450 g/mol. The zero-order valence-electron chi connectivity index (χ0n) is 18.2. The molecule has 2 amide bonds. The van der Waals surface area contributed by atoms with E-state index in [1.165, 1.54) is 6.42 Å². The molecule has 2 heterocycles. The fraction of sp³-hybridized carbons (Fsp3) is 0.320. The second-order valence-electron chi connectivity index (χ2n) is 7.95. The molecule has 0 atom stereocenters. The predicted molar refractivity (Wildman–Crippen MR) is 125 cm³/mol. The van der Waals surface area contributed by atoms with Gasteiger partial charge in [-0.2, -0.15) is 0 Å². The molecule has 2 aromatic carbocycles. The number of nitrogens with zero attached hydrogens (tertiary/aromatic N) is 2. The number of nitrogens with one attached hydrogen (secondary N) is 1. The average Bonchev–Trinajstić information content (AvgIpc) is 3.27. The summed E-state index contributed by atoms with van der Waals surface area (Å²) in [6, 6.07) is 17.0. The molecule has 4 rings (SSSR count). The topological polar surface area (TPSA) is 75.4 Å². The molecule has 0 spiro atoms. The second-order valence-corrected chi connectivity index (χ2v) is 8.96. The quantitative estimate of drug-likeness (QED) is 0.523. The SMILES string of the molecule is Cc1cc(CSc2ccccc2C(=O)NCc2ccc(C(=O)N3CCCCC3)cc2)no1. The number of aryl methyl sites for hydroxylation is 1. The first-order valence-corrected chi connectivity index (χ1v) is 11.9. The molecule has 1 N–H and O–H groups in total. The number of benzene rings is 2. The van der Waals surface area contributed by atoms with Crippen molar-refractivity contribution in [3.05, 3.63) is 82.7 Å². The highest BCUT2D eigenvalue weighted by Crippen LogP contribution is 2.26. The maximum Gasteiger partial charge on any atom is 0.253 e. The van der Waals surface area contributed by atoms with E-state index in [0.717, 1.165) is 47.8 Å². The van der Waals surface area contributed by atoms with Gasteiger partial charge in [0, 0.05) is 41.9 Å². The lowest BCUT2D eigenvalue weighted by Crippen LogP contribution is -2.35. The number of thioether (sulfide) groups is 1. The third-order valence-electron chi connectivity index (χ3n) is 5.48. The number of rotatable bonds is 7. The van der Waals surface area contributed by atoms with Crippen LogP contribution in [0.1, 0.15) is 57.0 Å². The van der Waals surface area contributed by atoms with Crippen molar-refractivity contribution in [3.8, 4) is 0 Å². The number of likely N-dealkylation sites (tertiary alicyclic amines) is 1. The van der Waals surface area contributed by atoms with Gasteiger partial charge in [-0.25, -0.2) is 0 Å². The van der Waals surface area contributed by atoms with Gasteiger partial charge in [-0.1, -0.05) is 29.4 Å². The largest absolute Gasteiger partial charge is 0.361 e. The summed E-state index contributed by atoms with van der Waals surface area (Å²) in [6.07, 6.45) is 3.35. The van der Waals surface area contributed by atoms with Crippen LogP contribution in [0.25, 0.3) is 0 Å². The normalized spacial score (nSPS) is 13.7. The number of piperidine rings is 1. The third kappa shape index (κ3) is 5.59. The summed E-state index contributed by atoms with van der Waals surface area (Å²) in [6.45, 7) is 3.94. The van der Waals surface area contributed by atoms with Gasteiger partial charge >= 0.3 is 0 Å². The molecule has 1 aliphatic heterocycles. The number of amides is 2. The van der Waals surface area contributed by atoms with E-state index in [-0.39, 0.29) is 11.8 Å². The maximum absolute atomic E-state index is 12.8. The van der Waals surface area contributed by atoms with Gasteiger partial charge in [-0.15, -0.1) is 11.8 Å². The fourth-order valence-corrected chi connectivity index (χ4v) is 4.67. The first-order chi connectivity index (χ1) is 15.6. The molecular formula is C25H27N3O3S. The predicted octanol–water partition coefficient (Wildman–Crippen LogP) is 4.83. The van der Waals surface area contributed by atoms with Crippen LogP contribution in [0.4, 0.5) is 0 Å². The van der Waals surface area contributed by atoms with Crippen LogP contribution in [-0.2, 0) is 12.3 Å². The van der Waals surface area contributed by atoms with Crippen LogP contribution in [-0.4, -0.2) is 35.0 Å². The molecule has 3 aromatic rings. The van der Waals surface area contributed by atoms with Crippen LogP contribution in [0.15, 0.2) is 64.0 Å². The van der Waals surface area contributed by atoms with E-state index in [0.29, 0.717) is 23.4 Å². The van der Waals surface area contributed by atoms with Crippen LogP contribution < -0.4 is 5.32 Å². The number of carbonyl (C=O) groups is 2. The highest BCUT2D eigenvalue weighted by molar-refractivity contribution is 7.98. The Morgan fingerprint density at radius 3 is 2.53 bits per heavy atom. The van der Waals surface area contributed by atoms with Crippen LogP contribution in [0.2, 0.25) is 0 Å². The Hall–Kier alpha value is -3.06. The van der Waals surface area contributed by atoms with Gasteiger partial charge in [-0.3, -0.25) is 9.59 Å². The minimum absolute atomic E-state index is 0.0912. The van der Waals surface area contributed by atoms with Crippen molar-refractivity contribution in [2.45, 2.75) is 43.4 Å². The van der Waals surface area contributed by atoms with Crippen LogP contribution in [0, 0.1) is 6.92 Å². The lowest BCUT2D eigenvalue weighted by Gasteiger charge is -2.26. The Kier molecular flexibility index (Phi) is 7.27. The zero-order valence-corrected chi connectivity index (χ0v) is 19.0. The number of carbonyl (C=O) groups excluding carboxylic acids is 2. The third-order valence-corrected chi connectivity index (χ3v) is 6.59. The van der Waals surface area contributed by atoms with Gasteiger partial charge in [0.1, 0.15) is 5.76 Å². The van der Waals surface area contributed by atoms with E-state index < -0.39 is 0 Å². The maximum atomic E-state index is 12.8. The molecule has 0 bridgehead atoms. The van der Waals surface area contributed by atoms with Crippen molar-refractivity contribution >= 4 is 23.6 Å². The van der Waals surface area contributed by atoms with Crippen molar-refractivity contribution in [1.29, 1.82) is 0 Å². The molecule has 166 valence electrons. The second kappa shape index (κ2) is 10.5. The van der Waals surface area contributed by atoms with Crippen molar-refractivity contribution < 1.29 is 14.1 Å². The smallest absolute Gasteiger partial charge is 0.253 e. The minimum atomic E-state index is -0.127. The van der Waals surface area contributed by atoms with Gasteiger partial charge in [0.2, 0.25) is 0 Å². The molecule has 32 heavy (non-hydrogen) atoms. The number of hydrogen-bond donors (Lipinski definition) is 1. The molecule has 1 fully saturated rings. The van der Waals surface area contributed by atoms with Gasteiger partial charge in [0.05, 0.1) is 11.3 Å². The lowest BCUT2D eigenvalue weighted by atomic mass is 10.1. The highest BCUT2D eigenvalue weighted by Gasteiger charge is 2.18. The van der Waals surface area contributed by atoms with Gasteiger partial charge in [0.25, 0.3) is 11.8 Å². The van der Waals surface area contributed by atoms with E-state index in [2.05, 4.69) is 10.5 Å². The summed E-state index contributed by atoms with van der Waals surface area (Å²) in [7, 11) is 0. The van der Waals surface area contributed by atoms with Crippen LogP contribution in [0.5, 0.6) is 0 Å². The van der Waals surface area contributed by atoms with E-state index >= 15 is 0 Å². The van der Waals surface area contributed by atoms with E-state index in [9.17, 15) is 9.59 Å². The van der Waals surface area contributed by atoms with Gasteiger partial charge < -0.3 is 14.7 Å². The Morgan fingerprint density at radius 1 is 1.06 bits per heavy atom. The van der Waals surface area contributed by atoms with Crippen LogP contribution >= 0.6 is 11.8 Å².